The minimum absolute atomic E-state index is 0.0200. The highest BCUT2D eigenvalue weighted by Gasteiger charge is 2.20. The van der Waals surface area contributed by atoms with Crippen LogP contribution < -0.4 is 16.0 Å². The van der Waals surface area contributed by atoms with Gasteiger partial charge in [-0.15, -0.1) is 0 Å². The first-order valence-electron chi connectivity index (χ1n) is 6.56. The van der Waals surface area contributed by atoms with Crippen LogP contribution in [0.4, 0.5) is 11.4 Å². The molecule has 0 saturated heterocycles. The summed E-state index contributed by atoms with van der Waals surface area (Å²) < 4.78 is 0. The van der Waals surface area contributed by atoms with E-state index in [0.29, 0.717) is 37.4 Å². The lowest BCUT2D eigenvalue weighted by Gasteiger charge is -2.22. The van der Waals surface area contributed by atoms with E-state index in [2.05, 4.69) is 5.32 Å². The number of nitrogens with zero attached hydrogens (tertiary/aromatic N) is 2. The number of carbonyl (C=O) groups excluding carboxylic acids is 1. The topological polar surface area (TPSA) is 101 Å². The number of amides is 1. The summed E-state index contributed by atoms with van der Waals surface area (Å²) in [5.74, 6) is -0.243. The Balaban J connectivity index is 3.24. The number of nitro groups is 1. The first kappa shape index (κ1) is 15.9. The minimum Gasteiger partial charge on any atom is -0.365 e. The van der Waals surface area contributed by atoms with Crippen molar-refractivity contribution in [2.75, 3.05) is 31.1 Å². The first-order valence-corrected chi connectivity index (χ1v) is 6.56. The molecular weight excluding hydrogens is 260 g/mol. The molecule has 0 atom stereocenters. The molecule has 0 radical (unpaired) electrons. The van der Waals surface area contributed by atoms with Crippen LogP contribution in [-0.4, -0.2) is 37.0 Å². The molecule has 0 heterocycles. The van der Waals surface area contributed by atoms with Gasteiger partial charge in [-0.05, 0) is 26.0 Å². The van der Waals surface area contributed by atoms with Crippen LogP contribution in [0.2, 0.25) is 0 Å². The van der Waals surface area contributed by atoms with Crippen LogP contribution in [0.5, 0.6) is 0 Å². The fourth-order valence-corrected chi connectivity index (χ4v) is 1.94. The van der Waals surface area contributed by atoms with E-state index in [9.17, 15) is 14.9 Å². The Morgan fingerprint density at radius 2 is 2.15 bits per heavy atom. The number of nitrogens with two attached hydrogens (primary N) is 1. The lowest BCUT2D eigenvalue weighted by Crippen LogP contribution is -2.30. The van der Waals surface area contributed by atoms with E-state index in [-0.39, 0.29) is 11.6 Å². The predicted octanol–water partition coefficient (Wildman–Crippen LogP) is 1.13. The lowest BCUT2D eigenvalue weighted by molar-refractivity contribution is -0.384. The number of nitro benzene ring substituents is 1. The molecule has 7 nitrogen and oxygen atoms in total. The molecule has 1 rings (SSSR count). The summed E-state index contributed by atoms with van der Waals surface area (Å²) in [6.45, 7) is 5.67. The van der Waals surface area contributed by atoms with E-state index < -0.39 is 4.92 Å². The number of nitrogens with one attached hydrogen (secondary N) is 1. The zero-order chi connectivity index (χ0) is 15.1. The molecule has 0 aliphatic heterocycles. The third-order valence-corrected chi connectivity index (χ3v) is 2.89. The maximum Gasteiger partial charge on any atom is 0.292 e. The number of hydrogen-bond donors (Lipinski definition) is 2. The average molecular weight is 280 g/mol. The summed E-state index contributed by atoms with van der Waals surface area (Å²) in [6.07, 6.45) is 0. The third kappa shape index (κ3) is 3.67. The zero-order valence-corrected chi connectivity index (χ0v) is 11.8. The van der Waals surface area contributed by atoms with Crippen LogP contribution in [0, 0.1) is 10.1 Å². The Morgan fingerprint density at radius 1 is 1.45 bits per heavy atom. The van der Waals surface area contributed by atoms with Crippen molar-refractivity contribution in [3.8, 4) is 0 Å². The monoisotopic (exact) mass is 280 g/mol. The summed E-state index contributed by atoms with van der Waals surface area (Å²) in [5.41, 5.74) is 6.33. The summed E-state index contributed by atoms with van der Waals surface area (Å²) >= 11 is 0. The van der Waals surface area contributed by atoms with E-state index in [0.717, 1.165) is 0 Å². The number of benzene rings is 1. The highest BCUT2D eigenvalue weighted by atomic mass is 16.6. The lowest BCUT2D eigenvalue weighted by atomic mass is 10.1. The van der Waals surface area contributed by atoms with Crippen molar-refractivity contribution < 1.29 is 9.72 Å². The summed E-state index contributed by atoms with van der Waals surface area (Å²) in [7, 11) is 0. The van der Waals surface area contributed by atoms with Gasteiger partial charge in [0, 0.05) is 37.8 Å². The molecule has 0 aromatic heterocycles. The highest BCUT2D eigenvalue weighted by Crippen LogP contribution is 2.29. The zero-order valence-electron chi connectivity index (χ0n) is 11.8. The summed E-state index contributed by atoms with van der Waals surface area (Å²) in [4.78, 5) is 24.3. The van der Waals surface area contributed by atoms with Crippen molar-refractivity contribution in [3.63, 3.8) is 0 Å². The minimum atomic E-state index is -0.448. The van der Waals surface area contributed by atoms with E-state index in [1.807, 2.05) is 13.8 Å². The van der Waals surface area contributed by atoms with Crippen molar-refractivity contribution >= 4 is 17.3 Å². The van der Waals surface area contributed by atoms with Crippen LogP contribution in [0.15, 0.2) is 18.2 Å². The second-order valence-corrected chi connectivity index (χ2v) is 4.19. The molecule has 0 unspecified atom stereocenters. The largest absolute Gasteiger partial charge is 0.365 e. The number of hydrogen-bond acceptors (Lipinski definition) is 5. The molecule has 110 valence electrons. The Bertz CT molecular complexity index is 491. The van der Waals surface area contributed by atoms with Crippen LogP contribution >= 0.6 is 0 Å². The molecule has 3 N–H and O–H groups in total. The van der Waals surface area contributed by atoms with E-state index in [1.54, 1.807) is 11.0 Å². The molecule has 1 aromatic carbocycles. The Morgan fingerprint density at radius 3 is 2.65 bits per heavy atom. The molecule has 0 aliphatic rings. The van der Waals surface area contributed by atoms with Gasteiger partial charge in [0.1, 0.15) is 5.69 Å². The van der Waals surface area contributed by atoms with Gasteiger partial charge in [0.25, 0.3) is 11.6 Å². The predicted molar refractivity (Wildman–Crippen MR) is 78.0 cm³/mol. The second kappa shape index (κ2) is 7.44. The van der Waals surface area contributed by atoms with Crippen molar-refractivity contribution in [2.24, 2.45) is 5.73 Å². The maximum absolute atomic E-state index is 11.8. The SMILES string of the molecule is CCNC(=O)c1ccc([N+](=O)[O-])c(N(CC)CCN)c1. The second-order valence-electron chi connectivity index (χ2n) is 4.19. The molecule has 7 heteroatoms. The summed E-state index contributed by atoms with van der Waals surface area (Å²) in [6, 6.07) is 4.37. The van der Waals surface area contributed by atoms with Crippen LogP contribution in [0.1, 0.15) is 24.2 Å². The molecule has 1 amide bonds. The fourth-order valence-electron chi connectivity index (χ4n) is 1.94. The Kier molecular flexibility index (Phi) is 5.92. The molecule has 0 bridgehead atoms. The molecule has 0 aliphatic carbocycles. The van der Waals surface area contributed by atoms with Crippen LogP contribution in [0.25, 0.3) is 0 Å². The normalized spacial score (nSPS) is 10.2. The number of rotatable bonds is 7. The number of carbonyl (C=O) groups is 1. The van der Waals surface area contributed by atoms with E-state index >= 15 is 0 Å². The van der Waals surface area contributed by atoms with Gasteiger partial charge in [-0.25, -0.2) is 0 Å². The van der Waals surface area contributed by atoms with Crippen molar-refractivity contribution in [1.82, 2.24) is 5.32 Å². The van der Waals surface area contributed by atoms with Crippen molar-refractivity contribution in [1.29, 1.82) is 0 Å². The Labute approximate surface area is 117 Å². The quantitative estimate of drug-likeness (QED) is 0.576. The standard InChI is InChI=1S/C13H20N4O3/c1-3-15-13(18)10-5-6-11(17(19)20)12(9-10)16(4-2)8-7-14/h5-6,9H,3-4,7-8,14H2,1-2H3,(H,15,18). The molecule has 20 heavy (non-hydrogen) atoms. The molecule has 1 aromatic rings. The van der Waals surface area contributed by atoms with Crippen molar-refractivity contribution in [3.05, 3.63) is 33.9 Å². The van der Waals surface area contributed by atoms with Crippen LogP contribution in [-0.2, 0) is 0 Å². The first-order chi connectivity index (χ1) is 9.54. The van der Waals surface area contributed by atoms with Gasteiger partial charge in [-0.2, -0.15) is 0 Å². The van der Waals surface area contributed by atoms with Gasteiger partial charge in [-0.1, -0.05) is 0 Å². The fraction of sp³-hybridized carbons (Fsp3) is 0.462. The van der Waals surface area contributed by atoms with E-state index in [4.69, 9.17) is 5.73 Å². The summed E-state index contributed by atoms with van der Waals surface area (Å²) in [5, 5.41) is 13.8. The maximum atomic E-state index is 11.8. The van der Waals surface area contributed by atoms with E-state index in [1.165, 1.54) is 12.1 Å². The van der Waals surface area contributed by atoms with Gasteiger partial charge >= 0.3 is 0 Å². The molecule has 0 fully saturated rings. The molecule has 0 saturated carbocycles. The Hall–Kier alpha value is -2.15. The smallest absolute Gasteiger partial charge is 0.292 e. The third-order valence-electron chi connectivity index (χ3n) is 2.89. The van der Waals surface area contributed by atoms with Crippen LogP contribution in [0.3, 0.4) is 0 Å². The molecule has 0 spiro atoms. The van der Waals surface area contributed by atoms with Gasteiger partial charge in [0.2, 0.25) is 0 Å². The number of anilines is 1. The van der Waals surface area contributed by atoms with Gasteiger partial charge < -0.3 is 16.0 Å². The van der Waals surface area contributed by atoms with Gasteiger partial charge in [-0.3, -0.25) is 14.9 Å². The van der Waals surface area contributed by atoms with Crippen molar-refractivity contribution in [2.45, 2.75) is 13.8 Å². The highest BCUT2D eigenvalue weighted by molar-refractivity contribution is 5.96. The van der Waals surface area contributed by atoms with Gasteiger partial charge in [0.15, 0.2) is 0 Å². The average Bonchev–Trinajstić information content (AvgIpc) is 2.44. The number of likely N-dealkylation sites (N-methyl/N-ethyl adjacent to an activating group) is 1. The van der Waals surface area contributed by atoms with Gasteiger partial charge in [0.05, 0.1) is 4.92 Å². The molecular formula is C13H20N4O3.